The predicted molar refractivity (Wildman–Crippen MR) is 103 cm³/mol. The summed E-state index contributed by atoms with van der Waals surface area (Å²) in [7, 11) is 0. The van der Waals surface area contributed by atoms with Crippen molar-refractivity contribution in [1.82, 2.24) is 0 Å². The largest absolute Gasteiger partial charge is 0.289 e. The second-order valence-corrected chi connectivity index (χ2v) is 8.38. The van der Waals surface area contributed by atoms with Crippen LogP contribution in [0.5, 0.6) is 5.75 Å². The standard InChI is InChI=1S/C21H35OS/c1-6-7-8-9-10-11-12-13-23-18-14-19(16(2)3)21(22)20(15-18)17(4)5/h14-17H,6-13H2,1-5H3. The zero-order chi connectivity index (χ0) is 17.2. The van der Waals surface area contributed by atoms with Crippen LogP contribution in [0.3, 0.4) is 0 Å². The van der Waals surface area contributed by atoms with Crippen LogP contribution in [0.25, 0.3) is 0 Å². The van der Waals surface area contributed by atoms with Crippen molar-refractivity contribution in [2.24, 2.45) is 0 Å². The monoisotopic (exact) mass is 335 g/mol. The molecular formula is C21H35OS. The summed E-state index contributed by atoms with van der Waals surface area (Å²) in [5.41, 5.74) is 1.97. The Balaban J connectivity index is 2.50. The molecule has 0 saturated heterocycles. The van der Waals surface area contributed by atoms with Crippen molar-refractivity contribution in [3.05, 3.63) is 23.3 Å². The van der Waals surface area contributed by atoms with E-state index in [-0.39, 0.29) is 5.75 Å². The van der Waals surface area contributed by atoms with Gasteiger partial charge in [-0.1, -0.05) is 73.1 Å². The van der Waals surface area contributed by atoms with Crippen LogP contribution < -0.4 is 0 Å². The van der Waals surface area contributed by atoms with Gasteiger partial charge in [0.1, 0.15) is 0 Å². The van der Waals surface area contributed by atoms with Crippen molar-refractivity contribution in [3.63, 3.8) is 0 Å². The molecule has 0 N–H and O–H groups in total. The smallest absolute Gasteiger partial charge is 0.185 e. The SMILES string of the molecule is CCCCCCCCCSc1cc(C(C)C)c([O])c(C(C)C)c1. The lowest BCUT2D eigenvalue weighted by Gasteiger charge is -2.15. The highest BCUT2D eigenvalue weighted by Gasteiger charge is 2.16. The molecule has 1 aromatic rings. The molecule has 0 aliphatic rings. The van der Waals surface area contributed by atoms with Crippen molar-refractivity contribution < 1.29 is 5.11 Å². The van der Waals surface area contributed by atoms with E-state index in [4.69, 9.17) is 0 Å². The maximum atomic E-state index is 12.5. The number of hydrogen-bond donors (Lipinski definition) is 0. The van der Waals surface area contributed by atoms with Gasteiger partial charge in [0.25, 0.3) is 0 Å². The third kappa shape index (κ3) is 7.20. The number of rotatable bonds is 11. The molecule has 0 aliphatic heterocycles. The van der Waals surface area contributed by atoms with Crippen LogP contribution in [-0.4, -0.2) is 5.75 Å². The Morgan fingerprint density at radius 1 is 0.826 bits per heavy atom. The minimum atomic E-state index is 0.260. The van der Waals surface area contributed by atoms with Gasteiger partial charge >= 0.3 is 0 Å². The highest BCUT2D eigenvalue weighted by Crippen LogP contribution is 2.38. The van der Waals surface area contributed by atoms with E-state index >= 15 is 0 Å². The van der Waals surface area contributed by atoms with Gasteiger partial charge in [-0.25, -0.2) is 0 Å². The van der Waals surface area contributed by atoms with Gasteiger partial charge in [-0.3, -0.25) is 5.11 Å². The first-order valence-electron chi connectivity index (χ1n) is 9.45. The van der Waals surface area contributed by atoms with Gasteiger partial charge in [0.2, 0.25) is 0 Å². The number of benzene rings is 1. The van der Waals surface area contributed by atoms with Gasteiger partial charge in [0, 0.05) is 16.0 Å². The van der Waals surface area contributed by atoms with Gasteiger partial charge in [-0.2, -0.15) is 0 Å². The molecule has 0 saturated carbocycles. The van der Waals surface area contributed by atoms with Gasteiger partial charge in [0.05, 0.1) is 0 Å². The number of unbranched alkanes of at least 4 members (excludes halogenated alkanes) is 6. The van der Waals surface area contributed by atoms with E-state index < -0.39 is 0 Å². The molecule has 2 heteroatoms. The van der Waals surface area contributed by atoms with Crippen LogP contribution in [0, 0.1) is 0 Å². The molecule has 0 aromatic heterocycles. The Kier molecular flexibility index (Phi) is 9.78. The summed E-state index contributed by atoms with van der Waals surface area (Å²) in [6.45, 7) is 10.7. The summed E-state index contributed by atoms with van der Waals surface area (Å²) in [5.74, 6) is 2.04. The lowest BCUT2D eigenvalue weighted by Crippen LogP contribution is -1.96. The molecule has 0 atom stereocenters. The van der Waals surface area contributed by atoms with E-state index in [9.17, 15) is 5.11 Å². The molecule has 0 heterocycles. The number of hydrogen-bond acceptors (Lipinski definition) is 1. The third-order valence-corrected chi connectivity index (χ3v) is 5.44. The first-order chi connectivity index (χ1) is 11.0. The number of thioether (sulfide) groups is 1. The molecule has 1 nitrogen and oxygen atoms in total. The first kappa shape index (κ1) is 20.4. The fourth-order valence-corrected chi connectivity index (χ4v) is 3.84. The molecule has 1 aromatic carbocycles. The van der Waals surface area contributed by atoms with Crippen molar-refractivity contribution in [1.29, 1.82) is 0 Å². The summed E-state index contributed by atoms with van der Waals surface area (Å²) in [4.78, 5) is 1.28. The highest BCUT2D eigenvalue weighted by atomic mass is 32.2. The molecule has 23 heavy (non-hydrogen) atoms. The fourth-order valence-electron chi connectivity index (χ4n) is 2.84. The van der Waals surface area contributed by atoms with E-state index in [2.05, 4.69) is 46.8 Å². The summed E-state index contributed by atoms with van der Waals surface area (Å²) in [6, 6.07) is 4.26. The van der Waals surface area contributed by atoms with Crippen molar-refractivity contribution in [2.75, 3.05) is 5.75 Å². The second kappa shape index (κ2) is 11.0. The van der Waals surface area contributed by atoms with Crippen LogP contribution >= 0.6 is 11.8 Å². The molecule has 0 aliphatic carbocycles. The molecule has 0 bridgehead atoms. The average Bonchev–Trinajstić information content (AvgIpc) is 2.50. The van der Waals surface area contributed by atoms with Crippen molar-refractivity contribution in [3.8, 4) is 5.75 Å². The second-order valence-electron chi connectivity index (χ2n) is 7.21. The first-order valence-corrected chi connectivity index (χ1v) is 10.4. The van der Waals surface area contributed by atoms with Gasteiger partial charge < -0.3 is 0 Å². The van der Waals surface area contributed by atoms with Crippen molar-refractivity contribution in [2.45, 2.75) is 96.3 Å². The predicted octanol–water partition coefficient (Wildman–Crippen LogP) is 7.92. The summed E-state index contributed by atoms with van der Waals surface area (Å²) in [5, 5.41) is 12.5. The van der Waals surface area contributed by atoms with E-state index in [1.54, 1.807) is 0 Å². The minimum Gasteiger partial charge on any atom is -0.289 e. The molecule has 0 spiro atoms. The summed E-state index contributed by atoms with van der Waals surface area (Å²) in [6.07, 6.45) is 9.47. The molecule has 0 amide bonds. The molecule has 1 radical (unpaired) electrons. The van der Waals surface area contributed by atoms with Gasteiger partial charge in [-0.05, 0) is 36.1 Å². The maximum absolute atomic E-state index is 12.5. The molecule has 0 unspecified atom stereocenters. The Morgan fingerprint density at radius 2 is 1.30 bits per heavy atom. The lowest BCUT2D eigenvalue weighted by atomic mass is 9.94. The molecular weight excluding hydrogens is 300 g/mol. The summed E-state index contributed by atoms with van der Waals surface area (Å²) < 4.78 is 0. The van der Waals surface area contributed by atoms with Gasteiger partial charge in [0.15, 0.2) is 5.75 Å². The Hall–Kier alpha value is -0.630. The van der Waals surface area contributed by atoms with E-state index in [0.717, 1.165) is 11.1 Å². The Labute approximate surface area is 148 Å². The van der Waals surface area contributed by atoms with Crippen LogP contribution in [-0.2, 0) is 5.11 Å². The van der Waals surface area contributed by atoms with E-state index in [1.807, 2.05) is 11.8 Å². The van der Waals surface area contributed by atoms with Crippen LogP contribution in [0.2, 0.25) is 0 Å². The topological polar surface area (TPSA) is 19.9 Å². The van der Waals surface area contributed by atoms with Gasteiger partial charge in [-0.15, -0.1) is 11.8 Å². The van der Waals surface area contributed by atoms with Crippen molar-refractivity contribution >= 4 is 11.8 Å². The zero-order valence-electron chi connectivity index (χ0n) is 15.8. The Bertz CT molecular complexity index is 422. The fraction of sp³-hybridized carbons (Fsp3) is 0.714. The van der Waals surface area contributed by atoms with E-state index in [0.29, 0.717) is 11.8 Å². The summed E-state index contributed by atoms with van der Waals surface area (Å²) >= 11 is 1.92. The maximum Gasteiger partial charge on any atom is 0.185 e. The van der Waals surface area contributed by atoms with Crippen LogP contribution in [0.15, 0.2) is 17.0 Å². The lowest BCUT2D eigenvalue weighted by molar-refractivity contribution is 0.341. The highest BCUT2D eigenvalue weighted by molar-refractivity contribution is 7.99. The zero-order valence-corrected chi connectivity index (χ0v) is 16.6. The van der Waals surface area contributed by atoms with Crippen LogP contribution in [0.4, 0.5) is 0 Å². The molecule has 1 rings (SSSR count). The molecule has 0 fully saturated rings. The van der Waals surface area contributed by atoms with Crippen LogP contribution in [0.1, 0.15) is 103 Å². The quantitative estimate of drug-likeness (QED) is 0.297. The Morgan fingerprint density at radius 3 is 1.78 bits per heavy atom. The third-order valence-electron chi connectivity index (χ3n) is 4.38. The van der Waals surface area contributed by atoms with E-state index in [1.165, 1.54) is 55.6 Å². The normalized spacial score (nSPS) is 11.6. The average molecular weight is 336 g/mol. The minimum absolute atomic E-state index is 0.260. The molecule has 131 valence electrons.